The Morgan fingerprint density at radius 1 is 1.10 bits per heavy atom. The highest BCUT2D eigenvalue weighted by Gasteiger charge is 2.47. The first-order valence-electron chi connectivity index (χ1n) is 8.74. The number of ketones is 1. The van der Waals surface area contributed by atoms with Crippen LogP contribution in [0.3, 0.4) is 0 Å². The Labute approximate surface area is 171 Å². The third-order valence-electron chi connectivity index (χ3n) is 4.66. The van der Waals surface area contributed by atoms with Crippen molar-refractivity contribution in [1.29, 1.82) is 0 Å². The second-order valence-corrected chi connectivity index (χ2v) is 6.82. The number of aliphatic hydroxyl groups is 1. The molecule has 1 fully saturated rings. The van der Waals surface area contributed by atoms with Crippen LogP contribution in [0.5, 0.6) is 5.75 Å². The molecule has 1 saturated heterocycles. The summed E-state index contributed by atoms with van der Waals surface area (Å²) < 4.78 is 5.36. The lowest BCUT2D eigenvalue weighted by molar-refractivity contribution is -0.142. The first-order chi connectivity index (χ1) is 13.8. The van der Waals surface area contributed by atoms with Crippen LogP contribution in [0.15, 0.2) is 54.1 Å². The third kappa shape index (κ3) is 3.95. The number of amides is 1. The predicted molar refractivity (Wildman–Crippen MR) is 106 cm³/mol. The van der Waals surface area contributed by atoms with E-state index in [1.807, 2.05) is 0 Å². The molecule has 0 spiro atoms. The van der Waals surface area contributed by atoms with E-state index in [2.05, 4.69) is 0 Å². The number of aliphatic carboxylic acids is 1. The van der Waals surface area contributed by atoms with E-state index >= 15 is 0 Å². The van der Waals surface area contributed by atoms with Gasteiger partial charge in [-0.2, -0.15) is 0 Å². The number of aliphatic hydroxyl groups excluding tert-OH is 1. The zero-order valence-corrected chi connectivity index (χ0v) is 16.2. The molecule has 2 aromatic rings. The average molecular weight is 416 g/mol. The Kier molecular flexibility index (Phi) is 5.89. The number of nitrogens with zero attached hydrogens (tertiary/aromatic N) is 1. The fourth-order valence-electron chi connectivity index (χ4n) is 3.31. The quantitative estimate of drug-likeness (QED) is 0.426. The summed E-state index contributed by atoms with van der Waals surface area (Å²) in [6, 6.07) is 11.9. The summed E-state index contributed by atoms with van der Waals surface area (Å²) in [5.41, 5.74) is 0.646. The van der Waals surface area contributed by atoms with Crippen molar-refractivity contribution < 1.29 is 29.3 Å². The van der Waals surface area contributed by atoms with Gasteiger partial charge in [-0.05, 0) is 30.3 Å². The summed E-state index contributed by atoms with van der Waals surface area (Å²) in [4.78, 5) is 37.7. The van der Waals surface area contributed by atoms with Crippen LogP contribution >= 0.6 is 11.6 Å². The second kappa shape index (κ2) is 8.36. The maximum absolute atomic E-state index is 12.8. The van der Waals surface area contributed by atoms with Crippen LogP contribution in [-0.2, 0) is 14.4 Å². The van der Waals surface area contributed by atoms with Crippen LogP contribution in [0.4, 0.5) is 0 Å². The molecule has 1 aliphatic rings. The summed E-state index contributed by atoms with van der Waals surface area (Å²) >= 11 is 5.89. The van der Waals surface area contributed by atoms with Gasteiger partial charge in [0.1, 0.15) is 11.5 Å². The lowest BCUT2D eigenvalue weighted by Gasteiger charge is -2.26. The highest BCUT2D eigenvalue weighted by molar-refractivity contribution is 6.46. The van der Waals surface area contributed by atoms with Crippen LogP contribution < -0.4 is 4.74 Å². The largest absolute Gasteiger partial charge is 0.507 e. The normalized spacial score (nSPS) is 18.1. The topological polar surface area (TPSA) is 104 Å². The average Bonchev–Trinajstić information content (AvgIpc) is 2.96. The molecule has 0 bridgehead atoms. The molecule has 7 nitrogen and oxygen atoms in total. The molecule has 1 aliphatic heterocycles. The number of likely N-dealkylation sites (tertiary alicyclic amines) is 1. The number of halogens is 1. The number of carbonyl (C=O) groups is 3. The minimum Gasteiger partial charge on any atom is -0.507 e. The van der Waals surface area contributed by atoms with E-state index in [-0.39, 0.29) is 24.3 Å². The van der Waals surface area contributed by atoms with Gasteiger partial charge in [-0.25, -0.2) is 0 Å². The number of carbonyl (C=O) groups excluding carboxylic acids is 2. The highest BCUT2D eigenvalue weighted by Crippen LogP contribution is 2.42. The molecule has 3 rings (SSSR count). The summed E-state index contributed by atoms with van der Waals surface area (Å²) in [6.45, 7) is -0.194. The number of para-hydroxylation sites is 1. The van der Waals surface area contributed by atoms with Gasteiger partial charge < -0.3 is 19.8 Å². The van der Waals surface area contributed by atoms with Gasteiger partial charge in [-0.1, -0.05) is 29.8 Å². The van der Waals surface area contributed by atoms with Crippen molar-refractivity contribution in [3.05, 3.63) is 70.3 Å². The standard InChI is InChI=1S/C21H18ClNO6/c1-29-15-5-3-2-4-14(15)18-17(19(26)12-6-8-13(22)9-7-12)20(27)21(28)23(18)11-10-16(24)25/h2-9,18,26H,10-11H2,1H3,(H,24,25). The number of carboxylic acid groups (broad SMARTS) is 1. The zero-order valence-electron chi connectivity index (χ0n) is 15.5. The minimum atomic E-state index is -1.11. The van der Waals surface area contributed by atoms with Gasteiger partial charge in [0, 0.05) is 22.7 Å². The lowest BCUT2D eigenvalue weighted by Crippen LogP contribution is -2.32. The lowest BCUT2D eigenvalue weighted by atomic mass is 9.94. The van der Waals surface area contributed by atoms with Crippen molar-refractivity contribution in [3.63, 3.8) is 0 Å². The highest BCUT2D eigenvalue weighted by atomic mass is 35.5. The Balaban J connectivity index is 2.20. The molecule has 8 heteroatoms. The molecule has 0 radical (unpaired) electrons. The number of Topliss-reactive ketones (excluding diaryl/α,β-unsaturated/α-hetero) is 1. The summed E-state index contributed by atoms with van der Waals surface area (Å²) in [7, 11) is 1.45. The van der Waals surface area contributed by atoms with Crippen LogP contribution in [-0.4, -0.2) is 46.4 Å². The Bertz CT molecular complexity index is 998. The minimum absolute atomic E-state index is 0.132. The van der Waals surface area contributed by atoms with E-state index in [1.54, 1.807) is 36.4 Å². The molecule has 2 aromatic carbocycles. The second-order valence-electron chi connectivity index (χ2n) is 6.39. The molecule has 29 heavy (non-hydrogen) atoms. The molecular weight excluding hydrogens is 398 g/mol. The molecular formula is C21H18ClNO6. The van der Waals surface area contributed by atoms with Gasteiger partial charge in [-0.15, -0.1) is 0 Å². The molecule has 150 valence electrons. The van der Waals surface area contributed by atoms with Crippen molar-refractivity contribution in [2.24, 2.45) is 0 Å². The number of carboxylic acids is 1. The first-order valence-corrected chi connectivity index (χ1v) is 9.12. The smallest absolute Gasteiger partial charge is 0.305 e. The summed E-state index contributed by atoms with van der Waals surface area (Å²) in [6.07, 6.45) is -0.348. The number of hydrogen-bond donors (Lipinski definition) is 2. The Morgan fingerprint density at radius 3 is 2.38 bits per heavy atom. The van der Waals surface area contributed by atoms with E-state index < -0.39 is 23.7 Å². The number of benzene rings is 2. The van der Waals surface area contributed by atoms with E-state index in [0.29, 0.717) is 21.9 Å². The van der Waals surface area contributed by atoms with Crippen LogP contribution in [0, 0.1) is 0 Å². The van der Waals surface area contributed by atoms with Gasteiger partial charge in [-0.3, -0.25) is 14.4 Å². The molecule has 1 unspecified atom stereocenters. The van der Waals surface area contributed by atoms with E-state index in [4.69, 9.17) is 21.4 Å². The van der Waals surface area contributed by atoms with Crippen molar-refractivity contribution >= 4 is 35.0 Å². The van der Waals surface area contributed by atoms with E-state index in [0.717, 1.165) is 4.90 Å². The maximum Gasteiger partial charge on any atom is 0.305 e. The van der Waals surface area contributed by atoms with Gasteiger partial charge >= 0.3 is 5.97 Å². The van der Waals surface area contributed by atoms with Gasteiger partial charge in [0.05, 0.1) is 25.1 Å². The van der Waals surface area contributed by atoms with Crippen LogP contribution in [0.1, 0.15) is 23.6 Å². The van der Waals surface area contributed by atoms with Crippen molar-refractivity contribution in [2.45, 2.75) is 12.5 Å². The van der Waals surface area contributed by atoms with Crippen LogP contribution in [0.25, 0.3) is 5.76 Å². The number of rotatable bonds is 6. The van der Waals surface area contributed by atoms with Gasteiger partial charge in [0.2, 0.25) is 0 Å². The molecule has 1 heterocycles. The molecule has 2 N–H and O–H groups in total. The Morgan fingerprint density at radius 2 is 1.76 bits per heavy atom. The maximum atomic E-state index is 12.8. The van der Waals surface area contributed by atoms with Crippen molar-refractivity contribution in [3.8, 4) is 5.75 Å². The first kappa shape index (κ1) is 20.4. The number of methoxy groups -OCH3 is 1. The fraction of sp³-hybridized carbons (Fsp3) is 0.190. The molecule has 1 atom stereocenters. The fourth-order valence-corrected chi connectivity index (χ4v) is 3.43. The number of ether oxygens (including phenoxy) is 1. The molecule has 1 amide bonds. The zero-order chi connectivity index (χ0) is 21.1. The van der Waals surface area contributed by atoms with Crippen molar-refractivity contribution in [1.82, 2.24) is 4.90 Å². The Hall–Kier alpha value is -3.32. The van der Waals surface area contributed by atoms with E-state index in [9.17, 15) is 19.5 Å². The number of hydrogen-bond acceptors (Lipinski definition) is 5. The monoisotopic (exact) mass is 415 g/mol. The third-order valence-corrected chi connectivity index (χ3v) is 4.91. The molecule has 0 aliphatic carbocycles. The van der Waals surface area contributed by atoms with Gasteiger partial charge in [0.25, 0.3) is 11.7 Å². The molecule has 0 aromatic heterocycles. The predicted octanol–water partition coefficient (Wildman–Crippen LogP) is 3.25. The molecule has 0 saturated carbocycles. The van der Waals surface area contributed by atoms with Crippen LogP contribution in [0.2, 0.25) is 5.02 Å². The SMILES string of the molecule is COc1ccccc1C1C(=C(O)c2ccc(Cl)cc2)C(=O)C(=O)N1CCC(=O)O. The van der Waals surface area contributed by atoms with Gasteiger partial charge in [0.15, 0.2) is 0 Å². The summed E-state index contributed by atoms with van der Waals surface area (Å²) in [5.74, 6) is -2.84. The van der Waals surface area contributed by atoms with Crippen molar-refractivity contribution in [2.75, 3.05) is 13.7 Å². The summed E-state index contributed by atoms with van der Waals surface area (Å²) in [5, 5.41) is 20.4. The van der Waals surface area contributed by atoms with E-state index in [1.165, 1.54) is 19.2 Å².